The minimum atomic E-state index is 0.456. The van der Waals surface area contributed by atoms with Gasteiger partial charge in [0, 0.05) is 44.6 Å². The van der Waals surface area contributed by atoms with Crippen LogP contribution in [0.2, 0.25) is 0 Å². The van der Waals surface area contributed by atoms with Gasteiger partial charge in [-0.25, -0.2) is 39.9 Å². The largest absolute Gasteiger partial charge is 0.208 e. The first-order valence-corrected chi connectivity index (χ1v) is 23.9. The van der Waals surface area contributed by atoms with Crippen LogP contribution in [-0.2, 0) is 0 Å². The van der Waals surface area contributed by atoms with Gasteiger partial charge in [-0.2, -0.15) is 0 Å². The van der Waals surface area contributed by atoms with E-state index in [0.29, 0.717) is 46.7 Å². The van der Waals surface area contributed by atoms with Crippen LogP contribution in [0.15, 0.2) is 283 Å². The van der Waals surface area contributed by atoms with Gasteiger partial charge >= 0.3 is 0 Å². The van der Waals surface area contributed by atoms with E-state index >= 15 is 0 Å². The second-order valence-electron chi connectivity index (χ2n) is 17.4. The maximum Gasteiger partial charge on any atom is 0.165 e. The minimum Gasteiger partial charge on any atom is -0.208 e. The Balaban J connectivity index is 1.20. The molecule has 8 bridgehead atoms. The summed E-state index contributed by atoms with van der Waals surface area (Å²) < 4.78 is 0. The van der Waals surface area contributed by atoms with Gasteiger partial charge in [0.15, 0.2) is 46.7 Å². The van der Waals surface area contributed by atoms with E-state index in [1.54, 1.807) is 0 Å². The van der Waals surface area contributed by atoms with Crippen LogP contribution >= 0.6 is 0 Å². The van der Waals surface area contributed by atoms with Gasteiger partial charge in [0.05, 0.1) is 0 Å². The van der Waals surface area contributed by atoms with Gasteiger partial charge in [-0.3, -0.25) is 0 Å². The Morgan fingerprint density at radius 1 is 0.125 bits per heavy atom. The van der Waals surface area contributed by atoms with Gasteiger partial charge in [-0.05, 0) is 44.5 Å². The zero-order chi connectivity index (χ0) is 47.8. The molecule has 0 spiro atoms. The number of rotatable bonds is 8. The minimum absolute atomic E-state index is 0.456. The molecule has 8 aromatic rings. The molecule has 336 valence electrons. The molecule has 0 unspecified atom stereocenters. The van der Waals surface area contributed by atoms with E-state index in [4.69, 9.17) is 39.9 Å². The number of nitrogens with zero attached hydrogens (tertiary/aromatic N) is 8. The molecular weight excluding hydrogens is 881 g/mol. The first-order valence-electron chi connectivity index (χ1n) is 23.9. The van der Waals surface area contributed by atoms with Gasteiger partial charge in [-0.15, -0.1) is 0 Å². The average molecular weight is 921 g/mol. The summed E-state index contributed by atoms with van der Waals surface area (Å²) in [6.07, 6.45) is 0. The molecule has 0 atom stereocenters. The molecule has 5 aliphatic rings. The quantitative estimate of drug-likeness (QED) is 0.145. The van der Waals surface area contributed by atoms with E-state index in [-0.39, 0.29) is 0 Å². The van der Waals surface area contributed by atoms with Crippen LogP contribution in [0.5, 0.6) is 0 Å². The monoisotopic (exact) mass is 920 g/mol. The summed E-state index contributed by atoms with van der Waals surface area (Å²) in [4.78, 5) is 44.2. The molecule has 0 aromatic heterocycles. The Morgan fingerprint density at radius 3 is 0.319 bits per heavy atom. The number of fused-ring (bicyclic) bond motifs is 4. The summed E-state index contributed by atoms with van der Waals surface area (Å²) in [5.41, 5.74) is 13.9. The van der Waals surface area contributed by atoms with Crippen LogP contribution in [0.4, 0.5) is 0 Å². The highest BCUT2D eigenvalue weighted by molar-refractivity contribution is 6.60. The molecule has 0 radical (unpaired) electrons. The molecule has 0 amide bonds. The van der Waals surface area contributed by atoms with E-state index in [1.165, 1.54) is 0 Å². The van der Waals surface area contributed by atoms with E-state index in [0.717, 1.165) is 89.1 Å². The molecule has 0 aliphatic carbocycles. The molecule has 0 fully saturated rings. The molecule has 5 heterocycles. The molecule has 5 aliphatic heterocycles. The molecule has 0 saturated carbocycles. The second kappa shape index (κ2) is 18.2. The number of hydrogen-bond donors (Lipinski definition) is 0. The summed E-state index contributed by atoms with van der Waals surface area (Å²) in [6.45, 7) is 0. The van der Waals surface area contributed by atoms with Gasteiger partial charge < -0.3 is 0 Å². The fourth-order valence-corrected chi connectivity index (χ4v) is 9.82. The highest BCUT2D eigenvalue weighted by Gasteiger charge is 2.37. The van der Waals surface area contributed by atoms with E-state index in [2.05, 4.69) is 97.1 Å². The number of aliphatic imine (C=N–C) groups is 8. The molecule has 8 aromatic carbocycles. The second-order valence-corrected chi connectivity index (χ2v) is 17.4. The highest BCUT2D eigenvalue weighted by atomic mass is 15.1. The summed E-state index contributed by atoms with van der Waals surface area (Å²) in [6, 6.07) is 82.2. The van der Waals surface area contributed by atoms with Crippen molar-refractivity contribution >= 4 is 91.3 Å². The summed E-state index contributed by atoms with van der Waals surface area (Å²) in [5, 5.41) is 0. The third kappa shape index (κ3) is 7.60. The Bertz CT molecular complexity index is 3330. The van der Waals surface area contributed by atoms with Gasteiger partial charge in [0.25, 0.3) is 0 Å². The van der Waals surface area contributed by atoms with Gasteiger partial charge in [0.1, 0.15) is 0 Å². The summed E-state index contributed by atoms with van der Waals surface area (Å²) in [5.74, 6) is 3.65. The van der Waals surface area contributed by atoms with Crippen LogP contribution in [-0.4, -0.2) is 46.7 Å². The zero-order valence-corrected chi connectivity index (χ0v) is 38.7. The van der Waals surface area contributed by atoms with Gasteiger partial charge in [-0.1, -0.05) is 243 Å². The van der Waals surface area contributed by atoms with Crippen molar-refractivity contribution in [2.45, 2.75) is 0 Å². The van der Waals surface area contributed by atoms with E-state index in [1.807, 2.05) is 146 Å². The van der Waals surface area contributed by atoms with Gasteiger partial charge in [0.2, 0.25) is 0 Å². The van der Waals surface area contributed by atoms with Crippen LogP contribution in [0, 0.1) is 0 Å². The molecule has 8 heteroatoms. The predicted octanol–water partition coefficient (Wildman–Crippen LogP) is 13.7. The van der Waals surface area contributed by atoms with Crippen LogP contribution in [0.3, 0.4) is 0 Å². The van der Waals surface area contributed by atoms with Crippen LogP contribution < -0.4 is 0 Å². The average Bonchev–Trinajstić information content (AvgIpc) is 4.20. The normalized spacial score (nSPS) is 16.2. The zero-order valence-electron chi connectivity index (χ0n) is 38.7. The van der Waals surface area contributed by atoms with Crippen molar-refractivity contribution < 1.29 is 0 Å². The maximum atomic E-state index is 5.58. The summed E-state index contributed by atoms with van der Waals surface area (Å²) >= 11 is 0. The van der Waals surface area contributed by atoms with Crippen molar-refractivity contribution in [2.75, 3.05) is 0 Å². The fraction of sp³-hybridized carbons (Fsp3) is 0. The SMILES string of the molecule is c1ccc(C2=C(c3ccccc3)C3=NC4=NC(=NC5=NC(=NC6=NC(=NC2=N3)C(c2ccccc2)=C6c2ccccc2)C(c2ccccc2)=C5c2ccccc2)C(c2ccccc2)=C4c2ccccc2)cc1. The highest BCUT2D eigenvalue weighted by Crippen LogP contribution is 2.43. The Labute approximate surface area is 416 Å². The number of amidine groups is 8. The Kier molecular flexibility index (Phi) is 10.7. The first-order chi connectivity index (χ1) is 35.7. The smallest absolute Gasteiger partial charge is 0.165 e. The summed E-state index contributed by atoms with van der Waals surface area (Å²) in [7, 11) is 0. The third-order valence-electron chi connectivity index (χ3n) is 13.0. The Morgan fingerprint density at radius 2 is 0.222 bits per heavy atom. The maximum absolute atomic E-state index is 5.58. The Hall–Kier alpha value is -9.92. The lowest BCUT2D eigenvalue weighted by Crippen LogP contribution is -2.05. The molecule has 0 saturated heterocycles. The molecule has 0 N–H and O–H groups in total. The number of benzene rings is 8. The van der Waals surface area contributed by atoms with Crippen molar-refractivity contribution in [3.8, 4) is 0 Å². The lowest BCUT2D eigenvalue weighted by Gasteiger charge is -2.12. The lowest BCUT2D eigenvalue weighted by molar-refractivity contribution is 1.49. The van der Waals surface area contributed by atoms with Crippen molar-refractivity contribution in [3.63, 3.8) is 0 Å². The van der Waals surface area contributed by atoms with E-state index < -0.39 is 0 Å². The lowest BCUT2D eigenvalue weighted by atomic mass is 9.93. The number of hydrogen-bond acceptors (Lipinski definition) is 8. The van der Waals surface area contributed by atoms with E-state index in [9.17, 15) is 0 Å². The van der Waals surface area contributed by atoms with Crippen molar-refractivity contribution in [1.82, 2.24) is 0 Å². The molecule has 13 rings (SSSR count). The first kappa shape index (κ1) is 42.2. The molecule has 8 nitrogen and oxygen atoms in total. The topological polar surface area (TPSA) is 98.9 Å². The van der Waals surface area contributed by atoms with Crippen molar-refractivity contribution in [2.24, 2.45) is 39.9 Å². The van der Waals surface area contributed by atoms with Crippen molar-refractivity contribution in [1.29, 1.82) is 0 Å². The molecular formula is C64H40N8. The molecule has 72 heavy (non-hydrogen) atoms. The standard InChI is InChI=1S/C64H40N8/c1-9-25-41(26-10-1)49-50(42-27-11-2-12-28-42)58-65-57(49)69-59-51(43-29-13-3-14-30-43)52(44-31-15-4-16-32-44)61(66-59)71-63-55(47-37-21-7-22-38-47)56(48-39-23-8-24-40-48)64(68-63)72-62-54(46-35-19-6-20-36-46)53(60(67-62)70-58)45-33-17-5-18-34-45/h1-40H. The van der Waals surface area contributed by atoms with Crippen molar-refractivity contribution in [3.05, 3.63) is 287 Å². The third-order valence-corrected chi connectivity index (χ3v) is 13.0. The predicted molar refractivity (Wildman–Crippen MR) is 298 cm³/mol. The van der Waals surface area contributed by atoms with Crippen LogP contribution in [0.25, 0.3) is 44.6 Å². The van der Waals surface area contributed by atoms with Crippen LogP contribution in [0.1, 0.15) is 44.5 Å². The fourth-order valence-electron chi connectivity index (χ4n) is 9.82.